The van der Waals surface area contributed by atoms with Gasteiger partial charge in [-0.25, -0.2) is 0 Å². The number of carboxylic acid groups (broad SMARTS) is 1. The van der Waals surface area contributed by atoms with Gasteiger partial charge in [0.2, 0.25) is 5.91 Å². The number of hydrogen-bond donors (Lipinski definition) is 2. The van der Waals surface area contributed by atoms with Gasteiger partial charge in [-0.05, 0) is 19.1 Å². The normalized spacial score (nSPS) is 24.8. The molecule has 3 rings (SSSR count). The molecule has 2 heterocycles. The van der Waals surface area contributed by atoms with E-state index in [2.05, 4.69) is 15.5 Å². The zero-order valence-electron chi connectivity index (χ0n) is 12.8. The lowest BCUT2D eigenvalue weighted by Crippen LogP contribution is -2.35. The van der Waals surface area contributed by atoms with Crippen LogP contribution in [0.25, 0.3) is 0 Å². The maximum atomic E-state index is 11.6. The summed E-state index contributed by atoms with van der Waals surface area (Å²) in [6.07, 6.45) is -0.629. The Labute approximate surface area is 141 Å². The van der Waals surface area contributed by atoms with Crippen molar-refractivity contribution in [3.63, 3.8) is 0 Å². The van der Waals surface area contributed by atoms with Crippen molar-refractivity contribution in [2.24, 2.45) is 10.2 Å². The molecule has 0 bridgehead atoms. The number of carbonyl (C=O) groups is 2. The first-order valence-electron chi connectivity index (χ1n) is 7.23. The number of thioether (sulfide) groups is 1. The first kappa shape index (κ1) is 16.3. The van der Waals surface area contributed by atoms with Crippen LogP contribution in [0.2, 0.25) is 0 Å². The van der Waals surface area contributed by atoms with Crippen LogP contribution in [0.3, 0.4) is 0 Å². The predicted molar refractivity (Wildman–Crippen MR) is 88.7 cm³/mol. The number of para-hydroxylation sites is 2. The smallest absolute Gasteiger partial charge is 0.305 e. The highest BCUT2D eigenvalue weighted by molar-refractivity contribution is 8.15. The molecular weight excluding hydrogens is 334 g/mol. The van der Waals surface area contributed by atoms with E-state index in [0.29, 0.717) is 23.8 Å². The van der Waals surface area contributed by atoms with Crippen molar-refractivity contribution >= 4 is 34.5 Å². The fourth-order valence-electron chi connectivity index (χ4n) is 2.16. The number of amides is 1. The second-order valence-corrected chi connectivity index (χ2v) is 6.40. The molecule has 24 heavy (non-hydrogen) atoms. The average molecular weight is 349 g/mol. The molecule has 0 aromatic heterocycles. The van der Waals surface area contributed by atoms with Gasteiger partial charge in [-0.3, -0.25) is 9.59 Å². The minimum absolute atomic E-state index is 0.255. The number of benzene rings is 1. The highest BCUT2D eigenvalue weighted by Crippen LogP contribution is 2.31. The number of fused-ring (bicyclic) bond motifs is 1. The van der Waals surface area contributed by atoms with E-state index in [9.17, 15) is 9.59 Å². The summed E-state index contributed by atoms with van der Waals surface area (Å²) in [5.74, 6) is -0.0841. The van der Waals surface area contributed by atoms with Crippen LogP contribution < -0.4 is 14.8 Å². The van der Waals surface area contributed by atoms with Gasteiger partial charge in [0.1, 0.15) is 11.9 Å². The van der Waals surface area contributed by atoms with Gasteiger partial charge in [0, 0.05) is 0 Å². The van der Waals surface area contributed by atoms with Crippen LogP contribution in [-0.2, 0) is 9.59 Å². The predicted octanol–water partition coefficient (Wildman–Crippen LogP) is 1.26. The van der Waals surface area contributed by atoms with Gasteiger partial charge in [-0.1, -0.05) is 23.9 Å². The molecule has 1 aromatic carbocycles. The summed E-state index contributed by atoms with van der Waals surface area (Å²) in [5, 5.41) is 18.9. The molecule has 8 nitrogen and oxygen atoms in total. The number of hydrogen-bond acceptors (Lipinski definition) is 7. The van der Waals surface area contributed by atoms with Crippen molar-refractivity contribution in [3.8, 4) is 11.5 Å². The second-order valence-electron chi connectivity index (χ2n) is 5.20. The number of nitrogens with zero attached hydrogens (tertiary/aromatic N) is 2. The number of carboxylic acids is 1. The summed E-state index contributed by atoms with van der Waals surface area (Å²) in [6, 6.07) is 7.35. The van der Waals surface area contributed by atoms with Crippen LogP contribution in [-0.4, -0.2) is 45.8 Å². The number of rotatable bonds is 4. The van der Waals surface area contributed by atoms with Crippen molar-refractivity contribution < 1.29 is 24.2 Å². The van der Waals surface area contributed by atoms with Crippen LogP contribution in [0.5, 0.6) is 11.5 Å². The summed E-state index contributed by atoms with van der Waals surface area (Å²) in [5.41, 5.74) is 0.591. The molecule has 2 aliphatic rings. The van der Waals surface area contributed by atoms with Crippen molar-refractivity contribution in [1.82, 2.24) is 5.32 Å². The van der Waals surface area contributed by atoms with Gasteiger partial charge in [0.15, 0.2) is 22.8 Å². The van der Waals surface area contributed by atoms with Gasteiger partial charge in [0.05, 0.1) is 12.1 Å². The molecule has 0 aliphatic carbocycles. The molecule has 126 valence electrons. The fourth-order valence-corrected chi connectivity index (χ4v) is 3.07. The Kier molecular flexibility index (Phi) is 4.70. The Balaban J connectivity index is 1.65. The molecule has 1 fully saturated rings. The third kappa shape index (κ3) is 3.67. The molecule has 0 unspecified atom stereocenters. The van der Waals surface area contributed by atoms with Gasteiger partial charge in [-0.15, -0.1) is 5.10 Å². The highest BCUT2D eigenvalue weighted by atomic mass is 32.2. The molecule has 9 heteroatoms. The molecule has 2 aliphatic heterocycles. The van der Waals surface area contributed by atoms with Crippen LogP contribution >= 0.6 is 11.8 Å². The van der Waals surface area contributed by atoms with Crippen LogP contribution in [0.15, 0.2) is 34.5 Å². The largest absolute Gasteiger partial charge is 0.485 e. The van der Waals surface area contributed by atoms with Crippen LogP contribution in [0.1, 0.15) is 13.3 Å². The standard InChI is InChI=1S/C15H15N3O5S/c1-8(11-7-22-9-4-2-3-5-10(9)23-11)17-18-15-16-14(21)12(24-15)6-13(19)20/h2-5,11-12H,6-7H2,1H3,(H,19,20)(H,16,18,21)/b17-8+/t11-,12+/m1/s1. The maximum Gasteiger partial charge on any atom is 0.305 e. The molecule has 2 atom stereocenters. The van der Waals surface area contributed by atoms with Crippen molar-refractivity contribution in [1.29, 1.82) is 0 Å². The second kappa shape index (κ2) is 6.91. The lowest BCUT2D eigenvalue weighted by atomic mass is 10.2. The number of ether oxygens (including phenoxy) is 2. The lowest BCUT2D eigenvalue weighted by molar-refractivity contribution is -0.138. The summed E-state index contributed by atoms with van der Waals surface area (Å²) < 4.78 is 11.4. The molecule has 1 amide bonds. The zero-order chi connectivity index (χ0) is 17.1. The molecule has 0 radical (unpaired) electrons. The van der Waals surface area contributed by atoms with Gasteiger partial charge in [0.25, 0.3) is 0 Å². The highest BCUT2D eigenvalue weighted by Gasteiger charge is 2.32. The molecule has 2 N–H and O–H groups in total. The third-order valence-electron chi connectivity index (χ3n) is 3.41. The third-order valence-corrected chi connectivity index (χ3v) is 4.48. The Morgan fingerprint density at radius 2 is 2.17 bits per heavy atom. The first-order chi connectivity index (χ1) is 11.5. The van der Waals surface area contributed by atoms with E-state index in [1.807, 2.05) is 24.3 Å². The van der Waals surface area contributed by atoms with E-state index >= 15 is 0 Å². The Hall–Kier alpha value is -2.55. The number of carbonyl (C=O) groups excluding carboxylic acids is 1. The van der Waals surface area contributed by atoms with Crippen molar-refractivity contribution in [3.05, 3.63) is 24.3 Å². The molecule has 0 spiro atoms. The van der Waals surface area contributed by atoms with E-state index in [1.165, 1.54) is 0 Å². The van der Waals surface area contributed by atoms with E-state index < -0.39 is 11.2 Å². The fraction of sp³-hybridized carbons (Fsp3) is 0.333. The lowest BCUT2D eigenvalue weighted by Gasteiger charge is -2.25. The summed E-state index contributed by atoms with van der Waals surface area (Å²) in [6.45, 7) is 2.07. The van der Waals surface area contributed by atoms with Gasteiger partial charge >= 0.3 is 5.97 Å². The Morgan fingerprint density at radius 1 is 1.42 bits per heavy atom. The first-order valence-corrected chi connectivity index (χ1v) is 8.11. The molecule has 1 aromatic rings. The van der Waals surface area contributed by atoms with E-state index in [0.717, 1.165) is 11.8 Å². The van der Waals surface area contributed by atoms with E-state index in [1.54, 1.807) is 6.92 Å². The van der Waals surface area contributed by atoms with Gasteiger partial charge in [-0.2, -0.15) is 5.10 Å². The molecule has 1 saturated heterocycles. The topological polar surface area (TPSA) is 110 Å². The summed E-state index contributed by atoms with van der Waals surface area (Å²) in [7, 11) is 0. The van der Waals surface area contributed by atoms with E-state index in [4.69, 9.17) is 14.6 Å². The number of aliphatic carboxylic acids is 1. The van der Waals surface area contributed by atoms with Gasteiger partial charge < -0.3 is 19.9 Å². The van der Waals surface area contributed by atoms with Crippen molar-refractivity contribution in [2.45, 2.75) is 24.7 Å². The summed E-state index contributed by atoms with van der Waals surface area (Å²) in [4.78, 5) is 22.3. The van der Waals surface area contributed by atoms with Crippen LogP contribution in [0.4, 0.5) is 0 Å². The average Bonchev–Trinajstić information content (AvgIpc) is 2.91. The molecular formula is C15H15N3O5S. The number of amidine groups is 1. The Bertz CT molecular complexity index is 734. The van der Waals surface area contributed by atoms with Crippen molar-refractivity contribution in [2.75, 3.05) is 6.61 Å². The number of nitrogens with one attached hydrogen (secondary N) is 1. The SMILES string of the molecule is C/C(=N\N=C1/NC(=O)[C@H](CC(=O)O)S1)[C@H]1COc2ccccc2O1. The molecule has 0 saturated carbocycles. The quantitative estimate of drug-likeness (QED) is 0.626. The minimum Gasteiger partial charge on any atom is -0.485 e. The monoisotopic (exact) mass is 349 g/mol. The van der Waals surface area contributed by atoms with E-state index in [-0.39, 0.29) is 23.6 Å². The Morgan fingerprint density at radius 3 is 2.92 bits per heavy atom. The van der Waals surface area contributed by atoms with Crippen LogP contribution in [0, 0.1) is 0 Å². The minimum atomic E-state index is -1.03. The zero-order valence-corrected chi connectivity index (χ0v) is 13.6. The maximum absolute atomic E-state index is 11.6. The summed E-state index contributed by atoms with van der Waals surface area (Å²) >= 11 is 1.05.